The van der Waals surface area contributed by atoms with Crippen LogP contribution in [0.1, 0.15) is 59.1 Å². The number of nitrogens with zero attached hydrogens (tertiary/aromatic N) is 3. The van der Waals surface area contributed by atoms with Crippen LogP contribution in [0.15, 0.2) is 77.7 Å². The van der Waals surface area contributed by atoms with E-state index in [1.165, 1.54) is 0 Å². The first-order valence-electron chi connectivity index (χ1n) is 12.6. The standard InChI is InChI=1S/C30H33ClN4O2/c1-20(2)28(35(17-7-15-32)29(36)23-13-11-21(3)12-14-23)27-25(19-22-8-6-9-24(31)18-22)30(37)34-16-5-4-10-26(34)33-27/h4-6,8-14,16,18,20,28H,7,15,17,19,32H2,1-3H3. The maximum absolute atomic E-state index is 13.9. The van der Waals surface area contributed by atoms with Gasteiger partial charge in [-0.2, -0.15) is 0 Å². The van der Waals surface area contributed by atoms with Gasteiger partial charge in [-0.25, -0.2) is 4.98 Å². The predicted molar refractivity (Wildman–Crippen MR) is 149 cm³/mol. The molecule has 0 bridgehead atoms. The Morgan fingerprint density at radius 3 is 2.51 bits per heavy atom. The van der Waals surface area contributed by atoms with Gasteiger partial charge >= 0.3 is 0 Å². The Hall–Kier alpha value is -3.48. The minimum atomic E-state index is -0.424. The lowest BCUT2D eigenvalue weighted by Gasteiger charge is -2.35. The van der Waals surface area contributed by atoms with Crippen molar-refractivity contribution in [3.05, 3.63) is 116 Å². The molecule has 0 aliphatic heterocycles. The van der Waals surface area contributed by atoms with Gasteiger partial charge in [0.15, 0.2) is 0 Å². The van der Waals surface area contributed by atoms with Gasteiger partial charge in [0.2, 0.25) is 0 Å². The van der Waals surface area contributed by atoms with Crippen molar-refractivity contribution in [3.8, 4) is 0 Å². The van der Waals surface area contributed by atoms with Crippen molar-refractivity contribution in [1.29, 1.82) is 0 Å². The molecule has 7 heteroatoms. The molecule has 0 aliphatic carbocycles. The minimum absolute atomic E-state index is 0.0108. The zero-order valence-electron chi connectivity index (χ0n) is 21.5. The van der Waals surface area contributed by atoms with E-state index in [0.29, 0.717) is 53.4 Å². The summed E-state index contributed by atoms with van der Waals surface area (Å²) in [5.74, 6) is -0.112. The SMILES string of the molecule is Cc1ccc(C(=O)N(CCCN)C(c2nc3ccccn3c(=O)c2Cc2cccc(Cl)c2)C(C)C)cc1. The minimum Gasteiger partial charge on any atom is -0.330 e. The van der Waals surface area contributed by atoms with E-state index in [4.69, 9.17) is 22.3 Å². The molecule has 2 heterocycles. The first-order chi connectivity index (χ1) is 17.8. The highest BCUT2D eigenvalue weighted by Gasteiger charge is 2.32. The van der Waals surface area contributed by atoms with Crippen molar-refractivity contribution >= 4 is 23.2 Å². The van der Waals surface area contributed by atoms with Gasteiger partial charge in [-0.3, -0.25) is 14.0 Å². The Labute approximate surface area is 222 Å². The highest BCUT2D eigenvalue weighted by atomic mass is 35.5. The van der Waals surface area contributed by atoms with Crippen LogP contribution in [0.5, 0.6) is 0 Å². The second-order valence-electron chi connectivity index (χ2n) is 9.71. The lowest BCUT2D eigenvalue weighted by Crippen LogP contribution is -2.41. The van der Waals surface area contributed by atoms with E-state index in [1.54, 1.807) is 10.6 Å². The largest absolute Gasteiger partial charge is 0.330 e. The molecule has 0 saturated carbocycles. The van der Waals surface area contributed by atoms with E-state index in [2.05, 4.69) is 13.8 Å². The zero-order chi connectivity index (χ0) is 26.5. The maximum Gasteiger partial charge on any atom is 0.261 e. The molecule has 6 nitrogen and oxygen atoms in total. The number of benzene rings is 2. The fraction of sp³-hybridized carbons (Fsp3) is 0.300. The summed E-state index contributed by atoms with van der Waals surface area (Å²) >= 11 is 6.26. The predicted octanol–water partition coefficient (Wildman–Crippen LogP) is 5.44. The molecule has 1 amide bonds. The van der Waals surface area contributed by atoms with Crippen LogP contribution in [0, 0.1) is 12.8 Å². The van der Waals surface area contributed by atoms with Crippen molar-refractivity contribution in [2.75, 3.05) is 13.1 Å². The molecule has 1 unspecified atom stereocenters. The molecule has 2 N–H and O–H groups in total. The summed E-state index contributed by atoms with van der Waals surface area (Å²) in [5, 5.41) is 0.604. The van der Waals surface area contributed by atoms with E-state index < -0.39 is 6.04 Å². The van der Waals surface area contributed by atoms with Crippen molar-refractivity contribution in [1.82, 2.24) is 14.3 Å². The van der Waals surface area contributed by atoms with Crippen LogP contribution in [-0.4, -0.2) is 33.3 Å². The number of nitrogens with two attached hydrogens (primary N) is 1. The monoisotopic (exact) mass is 516 g/mol. The fourth-order valence-corrected chi connectivity index (χ4v) is 4.93. The molecule has 0 saturated heterocycles. The summed E-state index contributed by atoms with van der Waals surface area (Å²) in [6.07, 6.45) is 2.72. The number of carbonyl (C=O) groups excluding carboxylic acids is 1. The number of carbonyl (C=O) groups is 1. The first kappa shape index (κ1) is 26.6. The van der Waals surface area contributed by atoms with E-state index >= 15 is 0 Å². The number of fused-ring (bicyclic) bond motifs is 1. The molecular formula is C30H33ClN4O2. The topological polar surface area (TPSA) is 80.7 Å². The molecule has 37 heavy (non-hydrogen) atoms. The van der Waals surface area contributed by atoms with E-state index in [-0.39, 0.29) is 17.4 Å². The number of hydrogen-bond acceptors (Lipinski definition) is 4. The molecule has 2 aromatic carbocycles. The van der Waals surface area contributed by atoms with Crippen LogP contribution < -0.4 is 11.3 Å². The highest BCUT2D eigenvalue weighted by Crippen LogP contribution is 2.32. The molecule has 1 atom stereocenters. The average molecular weight is 517 g/mol. The van der Waals surface area contributed by atoms with Crippen LogP contribution in [0.3, 0.4) is 0 Å². The van der Waals surface area contributed by atoms with E-state index in [1.807, 2.05) is 78.6 Å². The molecule has 2 aromatic heterocycles. The Balaban J connectivity index is 1.91. The van der Waals surface area contributed by atoms with Crippen LogP contribution in [0.4, 0.5) is 0 Å². The second kappa shape index (κ2) is 11.7. The number of pyridine rings is 1. The average Bonchev–Trinajstić information content (AvgIpc) is 2.88. The number of halogens is 1. The van der Waals surface area contributed by atoms with Gasteiger partial charge in [0, 0.05) is 35.3 Å². The molecular weight excluding hydrogens is 484 g/mol. The Morgan fingerprint density at radius 2 is 1.84 bits per heavy atom. The van der Waals surface area contributed by atoms with Gasteiger partial charge in [0.05, 0.1) is 11.7 Å². The Kier molecular flexibility index (Phi) is 8.41. The van der Waals surface area contributed by atoms with Crippen molar-refractivity contribution in [3.63, 3.8) is 0 Å². The van der Waals surface area contributed by atoms with Crippen LogP contribution in [0.2, 0.25) is 5.02 Å². The molecule has 0 radical (unpaired) electrons. The molecule has 0 fully saturated rings. The molecule has 0 aliphatic rings. The smallest absolute Gasteiger partial charge is 0.261 e. The van der Waals surface area contributed by atoms with E-state index in [9.17, 15) is 9.59 Å². The zero-order valence-corrected chi connectivity index (χ0v) is 22.3. The summed E-state index contributed by atoms with van der Waals surface area (Å²) in [5.41, 5.74) is 10.0. The Bertz CT molecular complexity index is 1450. The van der Waals surface area contributed by atoms with Gasteiger partial charge in [-0.15, -0.1) is 0 Å². The lowest BCUT2D eigenvalue weighted by molar-refractivity contribution is 0.0614. The van der Waals surface area contributed by atoms with Crippen LogP contribution >= 0.6 is 11.6 Å². The third-order valence-electron chi connectivity index (χ3n) is 6.54. The maximum atomic E-state index is 13.9. The normalized spacial score (nSPS) is 12.2. The van der Waals surface area contributed by atoms with Gasteiger partial charge in [0.25, 0.3) is 11.5 Å². The van der Waals surface area contributed by atoms with Crippen molar-refractivity contribution in [2.24, 2.45) is 11.7 Å². The Morgan fingerprint density at radius 1 is 1.08 bits per heavy atom. The molecule has 4 aromatic rings. The number of hydrogen-bond donors (Lipinski definition) is 1. The van der Waals surface area contributed by atoms with Crippen molar-refractivity contribution < 1.29 is 4.79 Å². The van der Waals surface area contributed by atoms with Crippen LogP contribution in [0.25, 0.3) is 5.65 Å². The third kappa shape index (κ3) is 5.92. The summed E-state index contributed by atoms with van der Waals surface area (Å²) in [6, 6.07) is 20.1. The van der Waals surface area contributed by atoms with E-state index in [0.717, 1.165) is 11.1 Å². The number of aromatic nitrogens is 2. The van der Waals surface area contributed by atoms with Gasteiger partial charge < -0.3 is 10.6 Å². The first-order valence-corrected chi connectivity index (χ1v) is 13.0. The molecule has 0 spiro atoms. The number of rotatable bonds is 9. The summed E-state index contributed by atoms with van der Waals surface area (Å²) in [6.45, 7) is 7.01. The van der Waals surface area contributed by atoms with Gasteiger partial charge in [-0.1, -0.05) is 61.3 Å². The van der Waals surface area contributed by atoms with Crippen LogP contribution in [-0.2, 0) is 6.42 Å². The summed E-state index contributed by atoms with van der Waals surface area (Å²) in [7, 11) is 0. The quantitative estimate of drug-likeness (QED) is 0.321. The molecule has 192 valence electrons. The third-order valence-corrected chi connectivity index (χ3v) is 6.77. The second-order valence-corrected chi connectivity index (χ2v) is 10.1. The summed E-state index contributed by atoms with van der Waals surface area (Å²) in [4.78, 5) is 34.6. The molecule has 4 rings (SSSR count). The number of amides is 1. The highest BCUT2D eigenvalue weighted by molar-refractivity contribution is 6.30. The number of aryl methyl sites for hydroxylation is 1. The van der Waals surface area contributed by atoms with Gasteiger partial charge in [0.1, 0.15) is 5.65 Å². The van der Waals surface area contributed by atoms with Crippen molar-refractivity contribution in [2.45, 2.75) is 39.7 Å². The summed E-state index contributed by atoms with van der Waals surface area (Å²) < 4.78 is 1.56. The lowest BCUT2D eigenvalue weighted by atomic mass is 9.92. The fourth-order valence-electron chi connectivity index (χ4n) is 4.72. The van der Waals surface area contributed by atoms with Gasteiger partial charge in [-0.05, 0) is 67.8 Å².